The predicted molar refractivity (Wildman–Crippen MR) is 113 cm³/mol. The van der Waals surface area contributed by atoms with Crippen molar-refractivity contribution in [2.24, 2.45) is 27.9 Å². The standard InChI is InChI=1S/C25H36N2O/c1-22(2)17-27(10-9-20(22)26)21(28)25-13-18-11-23(3,15-25)14-24(12-18,16-25)19-7-5-4-6-8-19/h4-8,18,20H,9-17,26H2,1-3H3/t18?,20-,23+,24+,25?/m0/s1. The van der Waals surface area contributed by atoms with Gasteiger partial charge in [0.25, 0.3) is 0 Å². The van der Waals surface area contributed by atoms with Crippen molar-refractivity contribution in [1.29, 1.82) is 0 Å². The largest absolute Gasteiger partial charge is 0.342 e. The quantitative estimate of drug-likeness (QED) is 0.821. The van der Waals surface area contributed by atoms with E-state index < -0.39 is 0 Å². The van der Waals surface area contributed by atoms with Gasteiger partial charge in [-0.3, -0.25) is 4.79 Å². The van der Waals surface area contributed by atoms with Gasteiger partial charge in [-0.15, -0.1) is 0 Å². The van der Waals surface area contributed by atoms with E-state index in [1.807, 2.05) is 0 Å². The lowest BCUT2D eigenvalue weighted by molar-refractivity contribution is -0.173. The van der Waals surface area contributed by atoms with Crippen molar-refractivity contribution >= 4 is 5.91 Å². The van der Waals surface area contributed by atoms with Crippen LogP contribution in [0, 0.1) is 22.2 Å². The molecule has 4 aliphatic carbocycles. The molecule has 28 heavy (non-hydrogen) atoms. The molecule has 0 spiro atoms. The highest BCUT2D eigenvalue weighted by Gasteiger charge is 2.65. The Hall–Kier alpha value is -1.35. The molecule has 5 fully saturated rings. The SMILES string of the molecule is CC1(C)CN(C(=O)C23CC4C[C@@](C)(C2)C[C@](c2ccccc2)(C4)C3)CC[C@@H]1N. The van der Waals surface area contributed by atoms with Gasteiger partial charge < -0.3 is 10.6 Å². The third-order valence-electron chi connectivity index (χ3n) is 8.79. The van der Waals surface area contributed by atoms with Crippen molar-refractivity contribution in [3.63, 3.8) is 0 Å². The van der Waals surface area contributed by atoms with Gasteiger partial charge in [-0.1, -0.05) is 51.1 Å². The Morgan fingerprint density at radius 1 is 1.04 bits per heavy atom. The number of likely N-dealkylation sites (tertiary alicyclic amines) is 1. The lowest BCUT2D eigenvalue weighted by Gasteiger charge is -2.66. The number of hydrogen-bond donors (Lipinski definition) is 1. The van der Waals surface area contributed by atoms with E-state index in [9.17, 15) is 4.79 Å². The average Bonchev–Trinajstić information content (AvgIpc) is 2.62. The Labute approximate surface area is 170 Å². The Balaban J connectivity index is 1.50. The van der Waals surface area contributed by atoms with Crippen LogP contribution in [0.5, 0.6) is 0 Å². The molecule has 6 rings (SSSR count). The van der Waals surface area contributed by atoms with Gasteiger partial charge in [0.05, 0.1) is 5.41 Å². The summed E-state index contributed by atoms with van der Waals surface area (Å²) < 4.78 is 0. The first-order valence-electron chi connectivity index (χ1n) is 11.3. The highest BCUT2D eigenvalue weighted by atomic mass is 16.2. The highest BCUT2D eigenvalue weighted by Crippen LogP contribution is 2.70. The molecule has 4 bridgehead atoms. The summed E-state index contributed by atoms with van der Waals surface area (Å²) in [6.07, 6.45) is 8.03. The molecular formula is C25H36N2O. The number of nitrogens with zero attached hydrogens (tertiary/aromatic N) is 1. The zero-order valence-corrected chi connectivity index (χ0v) is 17.8. The monoisotopic (exact) mass is 380 g/mol. The molecule has 4 saturated carbocycles. The lowest BCUT2D eigenvalue weighted by Crippen LogP contribution is -2.64. The van der Waals surface area contributed by atoms with Gasteiger partial charge in [-0.05, 0) is 72.7 Å². The van der Waals surface area contributed by atoms with E-state index in [0.717, 1.165) is 38.8 Å². The molecule has 2 unspecified atom stereocenters. The number of amides is 1. The molecule has 1 saturated heterocycles. The van der Waals surface area contributed by atoms with Crippen molar-refractivity contribution in [2.45, 2.75) is 77.2 Å². The van der Waals surface area contributed by atoms with Crippen molar-refractivity contribution in [3.05, 3.63) is 35.9 Å². The summed E-state index contributed by atoms with van der Waals surface area (Å²) >= 11 is 0. The number of rotatable bonds is 2. The van der Waals surface area contributed by atoms with Crippen molar-refractivity contribution in [3.8, 4) is 0 Å². The maximum Gasteiger partial charge on any atom is 0.228 e. The van der Waals surface area contributed by atoms with Crippen LogP contribution in [-0.2, 0) is 10.2 Å². The van der Waals surface area contributed by atoms with Crippen LogP contribution >= 0.6 is 0 Å². The number of benzene rings is 1. The second-order valence-corrected chi connectivity index (χ2v) is 11.9. The highest BCUT2D eigenvalue weighted by molar-refractivity contribution is 5.84. The number of nitrogens with two attached hydrogens (primary N) is 1. The molecule has 1 aromatic rings. The number of carbonyl (C=O) groups excluding carboxylic acids is 1. The average molecular weight is 381 g/mol. The maximum absolute atomic E-state index is 14.0. The third-order valence-corrected chi connectivity index (χ3v) is 8.79. The van der Waals surface area contributed by atoms with Crippen LogP contribution in [0.25, 0.3) is 0 Å². The van der Waals surface area contributed by atoms with Crippen molar-refractivity contribution < 1.29 is 4.79 Å². The van der Waals surface area contributed by atoms with Crippen LogP contribution in [0.2, 0.25) is 0 Å². The van der Waals surface area contributed by atoms with Crippen LogP contribution < -0.4 is 5.73 Å². The van der Waals surface area contributed by atoms with E-state index in [2.05, 4.69) is 56.0 Å². The van der Waals surface area contributed by atoms with Crippen LogP contribution in [0.1, 0.15) is 71.3 Å². The predicted octanol–water partition coefficient (Wildman–Crippen LogP) is 4.50. The molecule has 1 aromatic carbocycles. The first-order chi connectivity index (χ1) is 13.2. The Bertz CT molecular complexity index is 789. The fourth-order valence-corrected chi connectivity index (χ4v) is 8.16. The molecule has 5 atom stereocenters. The molecule has 3 heteroatoms. The minimum absolute atomic E-state index is 0.0111. The second kappa shape index (κ2) is 5.84. The number of piperidine rings is 1. The van der Waals surface area contributed by atoms with Crippen molar-refractivity contribution in [2.75, 3.05) is 13.1 Å². The Morgan fingerprint density at radius 2 is 1.79 bits per heavy atom. The number of carbonyl (C=O) groups is 1. The summed E-state index contributed by atoms with van der Waals surface area (Å²) in [5.74, 6) is 1.15. The van der Waals surface area contributed by atoms with E-state index in [-0.39, 0.29) is 22.3 Å². The lowest BCUT2D eigenvalue weighted by atomic mass is 9.38. The van der Waals surface area contributed by atoms with Gasteiger partial charge in [0.2, 0.25) is 5.91 Å². The van der Waals surface area contributed by atoms with Gasteiger partial charge in [0.1, 0.15) is 0 Å². The molecule has 152 valence electrons. The zero-order chi connectivity index (χ0) is 19.8. The van der Waals surface area contributed by atoms with E-state index in [1.165, 1.54) is 24.8 Å². The van der Waals surface area contributed by atoms with Crippen molar-refractivity contribution in [1.82, 2.24) is 4.90 Å². The van der Waals surface area contributed by atoms with Gasteiger partial charge in [-0.2, -0.15) is 0 Å². The van der Waals surface area contributed by atoms with E-state index in [1.54, 1.807) is 0 Å². The molecule has 5 aliphatic rings. The second-order valence-electron chi connectivity index (χ2n) is 11.9. The smallest absolute Gasteiger partial charge is 0.228 e. The maximum atomic E-state index is 14.0. The van der Waals surface area contributed by atoms with Crippen LogP contribution in [0.3, 0.4) is 0 Å². The topological polar surface area (TPSA) is 46.3 Å². The molecule has 2 N–H and O–H groups in total. The summed E-state index contributed by atoms with van der Waals surface area (Å²) in [4.78, 5) is 16.2. The Morgan fingerprint density at radius 3 is 2.46 bits per heavy atom. The molecule has 1 aliphatic heterocycles. The minimum atomic E-state index is -0.151. The molecule has 3 nitrogen and oxygen atoms in total. The summed E-state index contributed by atoms with van der Waals surface area (Å²) in [7, 11) is 0. The fraction of sp³-hybridized carbons (Fsp3) is 0.720. The van der Waals surface area contributed by atoms with Gasteiger partial charge in [-0.25, -0.2) is 0 Å². The summed E-state index contributed by atoms with van der Waals surface area (Å²) in [6, 6.07) is 11.3. The first kappa shape index (κ1) is 18.7. The van der Waals surface area contributed by atoms with E-state index >= 15 is 0 Å². The van der Waals surface area contributed by atoms with Crippen LogP contribution in [0.4, 0.5) is 0 Å². The summed E-state index contributed by atoms with van der Waals surface area (Å²) in [5.41, 5.74) is 8.21. The van der Waals surface area contributed by atoms with Crippen LogP contribution in [-0.4, -0.2) is 29.9 Å². The third kappa shape index (κ3) is 2.69. The summed E-state index contributed by atoms with van der Waals surface area (Å²) in [5, 5.41) is 0. The zero-order valence-electron chi connectivity index (χ0n) is 17.8. The van der Waals surface area contributed by atoms with Gasteiger partial charge >= 0.3 is 0 Å². The summed E-state index contributed by atoms with van der Waals surface area (Å²) in [6.45, 7) is 8.57. The molecule has 0 radical (unpaired) electrons. The van der Waals surface area contributed by atoms with E-state index in [4.69, 9.17) is 5.73 Å². The molecule has 1 heterocycles. The fourth-order valence-electron chi connectivity index (χ4n) is 8.16. The van der Waals surface area contributed by atoms with Crippen LogP contribution in [0.15, 0.2) is 30.3 Å². The molecule has 1 amide bonds. The first-order valence-corrected chi connectivity index (χ1v) is 11.3. The van der Waals surface area contributed by atoms with Gasteiger partial charge in [0, 0.05) is 19.1 Å². The molecular weight excluding hydrogens is 344 g/mol. The molecule has 0 aromatic heterocycles. The van der Waals surface area contributed by atoms with Gasteiger partial charge in [0.15, 0.2) is 0 Å². The normalized spacial score (nSPS) is 43.9. The number of hydrogen-bond acceptors (Lipinski definition) is 2. The van der Waals surface area contributed by atoms with E-state index in [0.29, 0.717) is 17.2 Å². The minimum Gasteiger partial charge on any atom is -0.342 e. The Kier molecular flexibility index (Phi) is 3.89.